The van der Waals surface area contributed by atoms with Crippen molar-refractivity contribution in [1.82, 2.24) is 0 Å². The summed E-state index contributed by atoms with van der Waals surface area (Å²) in [7, 11) is 0. The van der Waals surface area contributed by atoms with E-state index in [-0.39, 0.29) is 0 Å². The normalized spacial score (nSPS) is 7.75. The Hall–Kier alpha value is -0.0300. The van der Waals surface area contributed by atoms with Crippen LogP contribution >= 0.6 is 31.9 Å². The molecule has 0 aliphatic heterocycles. The van der Waals surface area contributed by atoms with Crippen molar-refractivity contribution in [3.05, 3.63) is 9.65 Å². The molecular weight excluding hydrogens is 244 g/mol. The molecule has 0 unspecified atom stereocenters. The van der Waals surface area contributed by atoms with Crippen LogP contribution in [0.4, 0.5) is 4.79 Å². The van der Waals surface area contributed by atoms with Gasteiger partial charge in [-0.2, -0.15) is 0 Å². The van der Waals surface area contributed by atoms with Crippen molar-refractivity contribution >= 4 is 38.0 Å². The molecule has 0 atom stereocenters. The summed E-state index contributed by atoms with van der Waals surface area (Å²) in [6, 6.07) is 0. The zero-order valence-electron chi connectivity index (χ0n) is 3.60. The van der Waals surface area contributed by atoms with Crippen molar-refractivity contribution in [3.8, 4) is 0 Å². The van der Waals surface area contributed by atoms with Gasteiger partial charge in [-0.3, -0.25) is 0 Å². The number of carboxylic acid groups (broad SMARTS) is 1. The summed E-state index contributed by atoms with van der Waals surface area (Å²) in [4.78, 5) is 9.60. The molecular formula is C3H2Br2O3. The van der Waals surface area contributed by atoms with Crippen molar-refractivity contribution in [2.75, 3.05) is 0 Å². The average Bonchev–Trinajstić information content (AvgIpc) is 1.61. The SMILES string of the molecule is O=C(O)OC=C(Br)Br. The lowest BCUT2D eigenvalue weighted by Crippen LogP contribution is -1.91. The summed E-state index contributed by atoms with van der Waals surface area (Å²) in [5.74, 6) is 0. The molecule has 0 aromatic carbocycles. The molecule has 46 valence electrons. The lowest BCUT2D eigenvalue weighted by atomic mass is 11.1. The van der Waals surface area contributed by atoms with Gasteiger partial charge in [-0.1, -0.05) is 0 Å². The Kier molecular flexibility index (Phi) is 3.90. The van der Waals surface area contributed by atoms with Crippen molar-refractivity contribution in [2.24, 2.45) is 0 Å². The minimum Gasteiger partial charge on any atom is -0.449 e. The van der Waals surface area contributed by atoms with E-state index in [9.17, 15) is 4.79 Å². The van der Waals surface area contributed by atoms with Gasteiger partial charge in [0, 0.05) is 0 Å². The van der Waals surface area contributed by atoms with Gasteiger partial charge >= 0.3 is 6.16 Å². The Morgan fingerprint density at radius 1 is 1.62 bits per heavy atom. The highest BCUT2D eigenvalue weighted by Crippen LogP contribution is 2.11. The van der Waals surface area contributed by atoms with E-state index < -0.39 is 6.16 Å². The van der Waals surface area contributed by atoms with E-state index in [1.165, 1.54) is 0 Å². The first-order valence-electron chi connectivity index (χ1n) is 1.53. The van der Waals surface area contributed by atoms with Gasteiger partial charge in [0.2, 0.25) is 0 Å². The van der Waals surface area contributed by atoms with Gasteiger partial charge in [0.15, 0.2) is 0 Å². The van der Waals surface area contributed by atoms with Crippen molar-refractivity contribution < 1.29 is 14.6 Å². The summed E-state index contributed by atoms with van der Waals surface area (Å²) in [5.41, 5.74) is 0. The van der Waals surface area contributed by atoms with Crippen LogP contribution in [0, 0.1) is 0 Å². The predicted molar refractivity (Wildman–Crippen MR) is 35.0 cm³/mol. The standard InChI is InChI=1S/C3H2Br2O3/c4-2(5)1-8-3(6)7/h1H,(H,6,7). The molecule has 0 aromatic heterocycles. The highest BCUT2D eigenvalue weighted by molar-refractivity contribution is 9.28. The molecule has 3 nitrogen and oxygen atoms in total. The van der Waals surface area contributed by atoms with E-state index in [0.717, 1.165) is 6.26 Å². The Morgan fingerprint density at radius 2 is 2.12 bits per heavy atom. The number of ether oxygens (including phenoxy) is 1. The summed E-state index contributed by atoms with van der Waals surface area (Å²) in [5, 5.41) is 7.85. The summed E-state index contributed by atoms with van der Waals surface area (Å²) in [6.07, 6.45) is -0.316. The number of halogens is 2. The molecule has 0 saturated heterocycles. The van der Waals surface area contributed by atoms with Crippen LogP contribution < -0.4 is 0 Å². The van der Waals surface area contributed by atoms with Crippen molar-refractivity contribution in [1.29, 1.82) is 0 Å². The Bertz CT molecular complexity index is 116. The first-order valence-corrected chi connectivity index (χ1v) is 3.12. The molecule has 1 N–H and O–H groups in total. The number of carbonyl (C=O) groups is 1. The zero-order chi connectivity index (χ0) is 6.57. The lowest BCUT2D eigenvalue weighted by Gasteiger charge is -1.86. The molecule has 0 heterocycles. The average molecular weight is 246 g/mol. The third-order valence-corrected chi connectivity index (χ3v) is 0.623. The predicted octanol–water partition coefficient (Wildman–Crippen LogP) is 2.27. The van der Waals surface area contributed by atoms with E-state index in [1.807, 2.05) is 0 Å². The topological polar surface area (TPSA) is 46.5 Å². The van der Waals surface area contributed by atoms with Gasteiger partial charge < -0.3 is 9.84 Å². The zero-order valence-corrected chi connectivity index (χ0v) is 6.77. The van der Waals surface area contributed by atoms with Gasteiger partial charge in [0.1, 0.15) is 6.26 Å². The lowest BCUT2D eigenvalue weighted by molar-refractivity contribution is 0.128. The fourth-order valence-corrected chi connectivity index (χ4v) is 0.282. The third kappa shape index (κ3) is 5.97. The smallest absolute Gasteiger partial charge is 0.449 e. The maximum atomic E-state index is 9.60. The molecule has 0 fully saturated rings. The van der Waals surface area contributed by atoms with Gasteiger partial charge in [-0.25, -0.2) is 4.79 Å². The van der Waals surface area contributed by atoms with Crippen molar-refractivity contribution in [3.63, 3.8) is 0 Å². The number of hydrogen-bond donors (Lipinski definition) is 1. The highest BCUT2D eigenvalue weighted by Gasteiger charge is 1.90. The second-order valence-corrected chi connectivity index (χ2v) is 3.56. The monoisotopic (exact) mass is 244 g/mol. The van der Waals surface area contributed by atoms with Crippen LogP contribution in [-0.4, -0.2) is 11.3 Å². The largest absolute Gasteiger partial charge is 0.510 e. The molecule has 0 radical (unpaired) electrons. The third-order valence-electron chi connectivity index (χ3n) is 0.249. The molecule has 0 bridgehead atoms. The molecule has 0 saturated carbocycles. The van der Waals surface area contributed by atoms with Crippen LogP contribution in [-0.2, 0) is 4.74 Å². The quantitative estimate of drug-likeness (QED) is 0.570. The van der Waals surface area contributed by atoms with Crippen LogP contribution in [0.3, 0.4) is 0 Å². The van der Waals surface area contributed by atoms with Gasteiger partial charge in [-0.05, 0) is 31.9 Å². The molecule has 0 aromatic rings. The molecule has 0 aliphatic carbocycles. The van der Waals surface area contributed by atoms with E-state index in [2.05, 4.69) is 36.6 Å². The van der Waals surface area contributed by atoms with Crippen LogP contribution in [0.2, 0.25) is 0 Å². The van der Waals surface area contributed by atoms with Crippen LogP contribution in [0.5, 0.6) is 0 Å². The number of rotatable bonds is 1. The Labute approximate surface area is 62.6 Å². The molecule has 0 spiro atoms. The second-order valence-electron chi connectivity index (χ2n) is 0.791. The van der Waals surface area contributed by atoms with Gasteiger partial charge in [0.25, 0.3) is 0 Å². The summed E-state index contributed by atoms with van der Waals surface area (Å²) >= 11 is 5.78. The van der Waals surface area contributed by atoms with Crippen molar-refractivity contribution in [2.45, 2.75) is 0 Å². The second kappa shape index (κ2) is 3.91. The van der Waals surface area contributed by atoms with Gasteiger partial charge in [0.05, 0.1) is 3.39 Å². The molecule has 0 amide bonds. The Morgan fingerprint density at radius 3 is 2.25 bits per heavy atom. The van der Waals surface area contributed by atoms with E-state index >= 15 is 0 Å². The molecule has 5 heteroatoms. The molecule has 0 rings (SSSR count). The fraction of sp³-hybridized carbons (Fsp3) is 0. The summed E-state index contributed by atoms with van der Waals surface area (Å²) < 4.78 is 4.42. The van der Waals surface area contributed by atoms with Crippen LogP contribution in [0.25, 0.3) is 0 Å². The maximum absolute atomic E-state index is 9.60. The summed E-state index contributed by atoms with van der Waals surface area (Å²) in [6.45, 7) is 0. The highest BCUT2D eigenvalue weighted by atomic mass is 79.9. The van der Waals surface area contributed by atoms with E-state index in [1.54, 1.807) is 0 Å². The van der Waals surface area contributed by atoms with Crippen LogP contribution in [0.15, 0.2) is 9.65 Å². The van der Waals surface area contributed by atoms with Crippen LogP contribution in [0.1, 0.15) is 0 Å². The molecule has 8 heavy (non-hydrogen) atoms. The Balaban J connectivity index is 3.45. The number of hydrogen-bond acceptors (Lipinski definition) is 2. The van der Waals surface area contributed by atoms with E-state index in [0.29, 0.717) is 3.39 Å². The van der Waals surface area contributed by atoms with E-state index in [4.69, 9.17) is 5.11 Å². The minimum absolute atomic E-state index is 0.451. The molecule has 0 aliphatic rings. The first kappa shape index (κ1) is 7.97. The van der Waals surface area contributed by atoms with Gasteiger partial charge in [-0.15, -0.1) is 0 Å². The first-order chi connectivity index (χ1) is 3.63. The minimum atomic E-state index is -1.33. The fourth-order valence-electron chi connectivity index (χ4n) is 0.0950. The maximum Gasteiger partial charge on any atom is 0.510 e.